The Morgan fingerprint density at radius 3 is 2.52 bits per heavy atom. The summed E-state index contributed by atoms with van der Waals surface area (Å²) in [6.45, 7) is 2.07. The van der Waals surface area contributed by atoms with Gasteiger partial charge in [0.25, 0.3) is 11.5 Å². The fraction of sp³-hybridized carbons (Fsp3) is 0.241. The SMILES string of the molecule is COc1nc(-c2cccc(-c3cccc(NC(=O)c4ccnn(C)c4=O)c3Cl)c2Cl)ccc1CN1CC[C@H](O)C1. The molecule has 1 aliphatic heterocycles. The number of aliphatic hydroxyl groups excluding tert-OH is 1. The zero-order valence-corrected chi connectivity index (χ0v) is 23.4. The molecule has 2 aromatic carbocycles. The molecule has 40 heavy (non-hydrogen) atoms. The van der Waals surface area contributed by atoms with Gasteiger partial charge < -0.3 is 15.2 Å². The average molecular weight is 580 g/mol. The molecule has 1 fully saturated rings. The van der Waals surface area contributed by atoms with Crippen LogP contribution < -0.4 is 15.6 Å². The summed E-state index contributed by atoms with van der Waals surface area (Å²) in [5, 5.41) is 17.1. The number of hydrogen-bond acceptors (Lipinski definition) is 7. The van der Waals surface area contributed by atoms with Crippen LogP contribution in [0.25, 0.3) is 22.4 Å². The van der Waals surface area contributed by atoms with Gasteiger partial charge in [-0.25, -0.2) is 9.67 Å². The van der Waals surface area contributed by atoms with E-state index in [1.807, 2.05) is 30.3 Å². The predicted molar refractivity (Wildman–Crippen MR) is 155 cm³/mol. The lowest BCUT2D eigenvalue weighted by molar-refractivity contribution is 0.102. The van der Waals surface area contributed by atoms with Crippen molar-refractivity contribution in [3.05, 3.63) is 92.3 Å². The van der Waals surface area contributed by atoms with Crippen LogP contribution in [0.3, 0.4) is 0 Å². The lowest BCUT2D eigenvalue weighted by Crippen LogP contribution is -2.28. The van der Waals surface area contributed by atoms with Crippen molar-refractivity contribution in [1.29, 1.82) is 0 Å². The number of nitrogens with one attached hydrogen (secondary N) is 1. The molecule has 0 unspecified atom stereocenters. The summed E-state index contributed by atoms with van der Waals surface area (Å²) in [4.78, 5) is 32.0. The van der Waals surface area contributed by atoms with Crippen molar-refractivity contribution in [3.8, 4) is 28.3 Å². The highest BCUT2D eigenvalue weighted by Gasteiger charge is 2.23. The van der Waals surface area contributed by atoms with Crippen molar-refractivity contribution in [2.45, 2.75) is 19.1 Å². The van der Waals surface area contributed by atoms with Crippen LogP contribution in [0.15, 0.2) is 65.6 Å². The largest absolute Gasteiger partial charge is 0.481 e. The number of ether oxygens (including phenoxy) is 1. The Bertz CT molecular complexity index is 1640. The molecule has 2 aromatic heterocycles. The number of amides is 1. The van der Waals surface area contributed by atoms with Gasteiger partial charge in [0.15, 0.2) is 0 Å². The Labute approximate surface area is 241 Å². The molecule has 0 spiro atoms. The standard InChI is InChI=1S/C29H27Cl2N5O4/c1-35-29(39)22(11-13-32-35)27(38)33-24-8-4-6-20(26(24)31)19-5-3-7-21(25(19)30)23-10-9-17(28(34-23)40-2)15-36-14-12-18(37)16-36/h3-11,13,18,37H,12,14-16H2,1-2H3,(H,33,38)/t18-/m0/s1. The number of aliphatic hydroxyl groups is 1. The number of pyridine rings is 1. The van der Waals surface area contributed by atoms with Crippen molar-refractivity contribution >= 4 is 34.8 Å². The summed E-state index contributed by atoms with van der Waals surface area (Å²) in [5.74, 6) is -0.105. The predicted octanol–water partition coefficient (Wildman–Crippen LogP) is 4.64. The lowest BCUT2D eigenvalue weighted by Gasteiger charge is -2.18. The van der Waals surface area contributed by atoms with Gasteiger partial charge in [0, 0.05) is 55.1 Å². The van der Waals surface area contributed by atoms with E-state index in [4.69, 9.17) is 32.9 Å². The average Bonchev–Trinajstić information content (AvgIpc) is 3.36. The molecule has 0 saturated carbocycles. The minimum Gasteiger partial charge on any atom is -0.481 e. The Morgan fingerprint density at radius 1 is 1.07 bits per heavy atom. The maximum absolute atomic E-state index is 12.8. The second-order valence-electron chi connectivity index (χ2n) is 9.50. The van der Waals surface area contributed by atoms with Crippen LogP contribution in [-0.4, -0.2) is 57.0 Å². The van der Waals surface area contributed by atoms with Crippen molar-refractivity contribution in [2.24, 2.45) is 7.05 Å². The molecule has 3 heterocycles. The molecule has 1 saturated heterocycles. The number of carbonyl (C=O) groups excluding carboxylic acids is 1. The molecular formula is C29H27Cl2N5O4. The molecular weight excluding hydrogens is 553 g/mol. The van der Waals surface area contributed by atoms with Gasteiger partial charge in [-0.3, -0.25) is 14.5 Å². The van der Waals surface area contributed by atoms with Crippen molar-refractivity contribution in [3.63, 3.8) is 0 Å². The normalized spacial score (nSPS) is 15.3. The van der Waals surface area contributed by atoms with Crippen LogP contribution >= 0.6 is 23.2 Å². The smallest absolute Gasteiger partial charge is 0.279 e. The number of likely N-dealkylation sites (tertiary alicyclic amines) is 1. The highest BCUT2D eigenvalue weighted by atomic mass is 35.5. The summed E-state index contributed by atoms with van der Waals surface area (Å²) in [5.41, 5.74) is 3.25. The van der Waals surface area contributed by atoms with Crippen molar-refractivity contribution in [2.75, 3.05) is 25.5 Å². The third-order valence-electron chi connectivity index (χ3n) is 6.84. The monoisotopic (exact) mass is 579 g/mol. The molecule has 1 aliphatic rings. The summed E-state index contributed by atoms with van der Waals surface area (Å²) in [7, 11) is 3.05. The van der Waals surface area contributed by atoms with Gasteiger partial charge in [0.1, 0.15) is 5.56 Å². The zero-order valence-electron chi connectivity index (χ0n) is 21.9. The van der Waals surface area contributed by atoms with Crippen molar-refractivity contribution < 1.29 is 14.6 Å². The first kappa shape index (κ1) is 27.8. The van der Waals surface area contributed by atoms with Crippen LogP contribution in [0.2, 0.25) is 10.0 Å². The van der Waals surface area contributed by atoms with Crippen LogP contribution in [0.4, 0.5) is 5.69 Å². The van der Waals surface area contributed by atoms with E-state index >= 15 is 0 Å². The molecule has 5 rings (SSSR count). The van der Waals surface area contributed by atoms with Gasteiger partial charge in [0.2, 0.25) is 5.88 Å². The Kier molecular flexibility index (Phi) is 8.18. The number of benzene rings is 2. The number of nitrogens with zero attached hydrogens (tertiary/aromatic N) is 4. The molecule has 1 amide bonds. The molecule has 11 heteroatoms. The number of aromatic nitrogens is 3. The fourth-order valence-electron chi connectivity index (χ4n) is 4.76. The third-order valence-corrected chi connectivity index (χ3v) is 7.65. The van der Waals surface area contributed by atoms with Gasteiger partial charge in [0.05, 0.1) is 34.6 Å². The molecule has 4 aromatic rings. The molecule has 2 N–H and O–H groups in total. The first-order valence-electron chi connectivity index (χ1n) is 12.6. The van der Waals surface area contributed by atoms with Gasteiger partial charge >= 0.3 is 0 Å². The number of halogens is 2. The Hall–Kier alpha value is -3.76. The number of hydrogen-bond donors (Lipinski definition) is 2. The van der Waals surface area contributed by atoms with E-state index < -0.39 is 11.5 Å². The molecule has 0 bridgehead atoms. The summed E-state index contributed by atoms with van der Waals surface area (Å²) in [6.07, 6.45) is 1.83. The fourth-order valence-corrected chi connectivity index (χ4v) is 5.36. The molecule has 1 atom stereocenters. The molecule has 0 aliphatic carbocycles. The minimum atomic E-state index is -0.596. The van der Waals surface area contributed by atoms with E-state index in [1.54, 1.807) is 25.3 Å². The van der Waals surface area contributed by atoms with Gasteiger partial charge in [-0.15, -0.1) is 0 Å². The Balaban J connectivity index is 1.45. The molecule has 9 nitrogen and oxygen atoms in total. The van der Waals surface area contributed by atoms with E-state index in [9.17, 15) is 14.7 Å². The van der Waals surface area contributed by atoms with E-state index in [0.717, 1.165) is 23.2 Å². The van der Waals surface area contributed by atoms with Crippen LogP contribution in [0.5, 0.6) is 5.88 Å². The lowest BCUT2D eigenvalue weighted by atomic mass is 10.00. The maximum Gasteiger partial charge on any atom is 0.279 e. The highest BCUT2D eigenvalue weighted by molar-refractivity contribution is 6.39. The highest BCUT2D eigenvalue weighted by Crippen LogP contribution is 2.41. The second kappa shape index (κ2) is 11.8. The molecule has 0 radical (unpaired) electrons. The summed E-state index contributed by atoms with van der Waals surface area (Å²) >= 11 is 13.7. The van der Waals surface area contributed by atoms with Crippen LogP contribution in [0.1, 0.15) is 22.3 Å². The van der Waals surface area contributed by atoms with E-state index in [2.05, 4.69) is 15.3 Å². The first-order valence-corrected chi connectivity index (χ1v) is 13.4. The molecule has 206 valence electrons. The summed E-state index contributed by atoms with van der Waals surface area (Å²) < 4.78 is 6.68. The number of anilines is 1. The van der Waals surface area contributed by atoms with E-state index in [1.165, 1.54) is 19.3 Å². The van der Waals surface area contributed by atoms with Gasteiger partial charge in [-0.2, -0.15) is 5.10 Å². The topological polar surface area (TPSA) is 110 Å². The van der Waals surface area contributed by atoms with E-state index in [0.29, 0.717) is 52.1 Å². The van der Waals surface area contributed by atoms with Gasteiger partial charge in [-0.05, 0) is 24.6 Å². The minimum absolute atomic E-state index is 0.0524. The Morgan fingerprint density at radius 2 is 1.80 bits per heavy atom. The zero-order chi connectivity index (χ0) is 28.4. The summed E-state index contributed by atoms with van der Waals surface area (Å²) in [6, 6.07) is 16.0. The first-order chi connectivity index (χ1) is 19.3. The van der Waals surface area contributed by atoms with Gasteiger partial charge in [-0.1, -0.05) is 59.6 Å². The maximum atomic E-state index is 12.8. The second-order valence-corrected chi connectivity index (χ2v) is 10.3. The quantitative estimate of drug-likeness (QED) is 0.328. The number of methoxy groups -OCH3 is 1. The number of β-amino-alcohol motifs (C(OH)–C–C–N with tert-alkyl or cyclic N) is 1. The van der Waals surface area contributed by atoms with Crippen molar-refractivity contribution in [1.82, 2.24) is 19.7 Å². The van der Waals surface area contributed by atoms with Crippen LogP contribution in [0, 0.1) is 0 Å². The number of rotatable bonds is 7. The third kappa shape index (κ3) is 5.59. The van der Waals surface area contributed by atoms with Crippen LogP contribution in [-0.2, 0) is 13.6 Å². The number of aryl methyl sites for hydroxylation is 1. The number of carbonyl (C=O) groups is 1. The van der Waals surface area contributed by atoms with E-state index in [-0.39, 0.29) is 16.7 Å².